The number of nitrogens with one attached hydrogen (secondary N) is 1. The summed E-state index contributed by atoms with van der Waals surface area (Å²) in [6.07, 6.45) is 0.695. The number of hydrogen-bond donors (Lipinski definition) is 1. The van der Waals surface area contributed by atoms with E-state index in [1.165, 1.54) is 4.31 Å². The second kappa shape index (κ2) is 7.00. The van der Waals surface area contributed by atoms with Crippen LogP contribution in [0.2, 0.25) is 0 Å². The molecular weight excluding hydrogens is 302 g/mol. The van der Waals surface area contributed by atoms with Gasteiger partial charge in [0, 0.05) is 25.7 Å². The first kappa shape index (κ1) is 16.9. The Balaban J connectivity index is 3.25. The van der Waals surface area contributed by atoms with Gasteiger partial charge in [-0.05, 0) is 13.3 Å². The third-order valence-electron chi connectivity index (χ3n) is 2.64. The van der Waals surface area contributed by atoms with E-state index in [1.807, 2.05) is 6.92 Å². The van der Waals surface area contributed by atoms with Crippen molar-refractivity contribution in [1.29, 1.82) is 0 Å². The fourth-order valence-corrected chi connectivity index (χ4v) is 4.83. The summed E-state index contributed by atoms with van der Waals surface area (Å²) in [5.74, 6) is 0. The molecule has 1 aromatic heterocycles. The van der Waals surface area contributed by atoms with Crippen molar-refractivity contribution in [3.8, 4) is 0 Å². The van der Waals surface area contributed by atoms with Gasteiger partial charge in [0.05, 0.1) is 4.92 Å². The molecule has 0 atom stereocenters. The van der Waals surface area contributed by atoms with Gasteiger partial charge in [-0.2, -0.15) is 4.31 Å². The lowest BCUT2D eigenvalue weighted by Gasteiger charge is -2.18. The fourth-order valence-electron chi connectivity index (χ4n) is 1.73. The highest BCUT2D eigenvalue weighted by Crippen LogP contribution is 2.38. The predicted molar refractivity (Wildman–Crippen MR) is 79.9 cm³/mol. The number of anilines is 1. The normalized spacial score (nSPS) is 11.8. The Kier molecular flexibility index (Phi) is 5.90. The van der Waals surface area contributed by atoms with Crippen molar-refractivity contribution in [2.24, 2.45) is 0 Å². The number of nitro groups is 1. The van der Waals surface area contributed by atoms with Crippen LogP contribution in [0.5, 0.6) is 0 Å². The fraction of sp³-hybridized carbons (Fsp3) is 0.636. The second-order valence-corrected chi connectivity index (χ2v) is 7.28. The first-order valence-corrected chi connectivity index (χ1v) is 8.66. The summed E-state index contributed by atoms with van der Waals surface area (Å²) in [6.45, 7) is 6.68. The summed E-state index contributed by atoms with van der Waals surface area (Å²) in [5.41, 5.74) is -0.192. The average Bonchev–Trinajstić information content (AvgIpc) is 2.81. The maximum absolute atomic E-state index is 12.4. The van der Waals surface area contributed by atoms with Crippen LogP contribution in [0.1, 0.15) is 27.2 Å². The predicted octanol–water partition coefficient (Wildman–Crippen LogP) is 2.51. The molecule has 114 valence electrons. The van der Waals surface area contributed by atoms with Crippen LogP contribution in [0.4, 0.5) is 10.7 Å². The second-order valence-electron chi connectivity index (χ2n) is 4.06. The molecule has 0 radical (unpaired) electrons. The highest BCUT2D eigenvalue weighted by Gasteiger charge is 2.29. The molecule has 0 aliphatic heterocycles. The maximum atomic E-state index is 12.4. The smallest absolute Gasteiger partial charge is 0.304 e. The van der Waals surface area contributed by atoms with Crippen molar-refractivity contribution in [3.05, 3.63) is 16.2 Å². The molecule has 20 heavy (non-hydrogen) atoms. The van der Waals surface area contributed by atoms with Gasteiger partial charge in [0.15, 0.2) is 5.00 Å². The van der Waals surface area contributed by atoms with Crippen molar-refractivity contribution in [1.82, 2.24) is 4.31 Å². The van der Waals surface area contributed by atoms with E-state index in [1.54, 1.807) is 13.8 Å². The molecule has 0 spiro atoms. The molecule has 1 N–H and O–H groups in total. The number of rotatable bonds is 8. The standard InChI is InChI=1S/C11H19N3O4S2/c1-4-7-13(6-3)20(17,18)10-8-9(14(15)16)11(19-10)12-5-2/h8,12H,4-7H2,1-3H3. The zero-order chi connectivity index (χ0) is 15.3. The summed E-state index contributed by atoms with van der Waals surface area (Å²) in [5, 5.41) is 14.1. The van der Waals surface area contributed by atoms with E-state index in [0.717, 1.165) is 17.4 Å². The van der Waals surface area contributed by atoms with Gasteiger partial charge in [0.2, 0.25) is 0 Å². The maximum Gasteiger partial charge on any atom is 0.304 e. The van der Waals surface area contributed by atoms with Gasteiger partial charge in [-0.3, -0.25) is 10.1 Å². The SMILES string of the molecule is CCCN(CC)S(=O)(=O)c1cc([N+](=O)[O-])c(NCC)s1. The molecule has 0 fully saturated rings. The Hall–Kier alpha value is -1.19. The Morgan fingerprint density at radius 3 is 2.50 bits per heavy atom. The molecule has 9 heteroatoms. The first-order chi connectivity index (χ1) is 9.38. The van der Waals surface area contributed by atoms with Crippen LogP contribution in [0, 0.1) is 10.1 Å². The summed E-state index contributed by atoms with van der Waals surface area (Å²) >= 11 is 0.907. The van der Waals surface area contributed by atoms with Crippen LogP contribution in [-0.4, -0.2) is 37.3 Å². The quantitative estimate of drug-likeness (QED) is 0.586. The van der Waals surface area contributed by atoms with Gasteiger partial charge in [-0.15, -0.1) is 0 Å². The van der Waals surface area contributed by atoms with E-state index in [-0.39, 0.29) is 14.9 Å². The Morgan fingerprint density at radius 2 is 2.05 bits per heavy atom. The summed E-state index contributed by atoms with van der Waals surface area (Å²) < 4.78 is 26.2. The molecular formula is C11H19N3O4S2. The van der Waals surface area contributed by atoms with E-state index in [4.69, 9.17) is 0 Å². The van der Waals surface area contributed by atoms with Crippen LogP contribution in [0.25, 0.3) is 0 Å². The van der Waals surface area contributed by atoms with E-state index < -0.39 is 14.9 Å². The van der Waals surface area contributed by atoms with E-state index >= 15 is 0 Å². The zero-order valence-electron chi connectivity index (χ0n) is 11.7. The van der Waals surface area contributed by atoms with Gasteiger partial charge in [0.25, 0.3) is 10.0 Å². The molecule has 0 bridgehead atoms. The van der Waals surface area contributed by atoms with Crippen LogP contribution in [0.15, 0.2) is 10.3 Å². The molecule has 0 saturated heterocycles. The minimum absolute atomic E-state index is 0.00968. The number of sulfonamides is 1. The van der Waals surface area contributed by atoms with Gasteiger partial charge in [-0.25, -0.2) is 8.42 Å². The average molecular weight is 321 g/mol. The Bertz CT molecular complexity index is 568. The minimum atomic E-state index is -3.66. The number of hydrogen-bond acceptors (Lipinski definition) is 6. The van der Waals surface area contributed by atoms with Gasteiger partial charge >= 0.3 is 5.69 Å². The van der Waals surface area contributed by atoms with Gasteiger partial charge in [0.1, 0.15) is 4.21 Å². The Labute approximate surface area is 122 Å². The molecule has 0 aromatic carbocycles. The Morgan fingerprint density at radius 1 is 1.40 bits per heavy atom. The first-order valence-electron chi connectivity index (χ1n) is 6.40. The summed E-state index contributed by atoms with van der Waals surface area (Å²) in [7, 11) is -3.66. The van der Waals surface area contributed by atoms with Crippen molar-refractivity contribution < 1.29 is 13.3 Å². The van der Waals surface area contributed by atoms with Crippen LogP contribution in [0.3, 0.4) is 0 Å². The van der Waals surface area contributed by atoms with Crippen molar-refractivity contribution >= 4 is 32.0 Å². The summed E-state index contributed by atoms with van der Waals surface area (Å²) in [6, 6.07) is 1.14. The molecule has 1 heterocycles. The van der Waals surface area contributed by atoms with E-state index in [2.05, 4.69) is 5.32 Å². The molecule has 1 rings (SSSR count). The van der Waals surface area contributed by atoms with Gasteiger partial charge in [-0.1, -0.05) is 25.2 Å². The molecule has 0 saturated carbocycles. The van der Waals surface area contributed by atoms with Crippen LogP contribution < -0.4 is 5.32 Å². The molecule has 7 nitrogen and oxygen atoms in total. The molecule has 0 unspecified atom stereocenters. The number of nitrogens with zero attached hydrogens (tertiary/aromatic N) is 2. The van der Waals surface area contributed by atoms with Gasteiger partial charge < -0.3 is 5.32 Å². The summed E-state index contributed by atoms with van der Waals surface area (Å²) in [4.78, 5) is 10.4. The topological polar surface area (TPSA) is 92.5 Å². The van der Waals surface area contributed by atoms with Crippen LogP contribution >= 0.6 is 11.3 Å². The highest BCUT2D eigenvalue weighted by atomic mass is 32.2. The minimum Gasteiger partial charge on any atom is -0.372 e. The molecule has 0 aliphatic carbocycles. The third kappa shape index (κ3) is 3.47. The third-order valence-corrected chi connectivity index (χ3v) is 6.15. The monoisotopic (exact) mass is 321 g/mol. The highest BCUT2D eigenvalue weighted by molar-refractivity contribution is 7.91. The zero-order valence-corrected chi connectivity index (χ0v) is 13.4. The lowest BCUT2D eigenvalue weighted by atomic mass is 10.5. The van der Waals surface area contributed by atoms with Crippen molar-refractivity contribution in [3.63, 3.8) is 0 Å². The van der Waals surface area contributed by atoms with Crippen LogP contribution in [-0.2, 0) is 10.0 Å². The lowest BCUT2D eigenvalue weighted by molar-refractivity contribution is -0.383. The van der Waals surface area contributed by atoms with E-state index in [0.29, 0.717) is 26.1 Å². The van der Waals surface area contributed by atoms with Crippen molar-refractivity contribution in [2.75, 3.05) is 25.0 Å². The molecule has 0 aliphatic rings. The largest absolute Gasteiger partial charge is 0.372 e. The van der Waals surface area contributed by atoms with Crippen molar-refractivity contribution in [2.45, 2.75) is 31.4 Å². The lowest BCUT2D eigenvalue weighted by Crippen LogP contribution is -2.31. The van der Waals surface area contributed by atoms with E-state index in [9.17, 15) is 18.5 Å². The molecule has 0 amide bonds. The molecule has 1 aromatic rings. The number of thiophene rings is 1.